The van der Waals surface area contributed by atoms with Crippen LogP contribution < -0.4 is 19.5 Å². The van der Waals surface area contributed by atoms with E-state index in [4.69, 9.17) is 9.47 Å². The number of rotatable bonds is 3. The van der Waals surface area contributed by atoms with Crippen molar-refractivity contribution in [2.45, 2.75) is 23.8 Å². The number of fused-ring (bicyclic) bond motifs is 1. The summed E-state index contributed by atoms with van der Waals surface area (Å²) in [6, 6.07) is 4.72. The van der Waals surface area contributed by atoms with E-state index in [0.717, 1.165) is 25.9 Å². The third-order valence-electron chi connectivity index (χ3n) is 3.48. The third kappa shape index (κ3) is 3.79. The van der Waals surface area contributed by atoms with Gasteiger partial charge in [0.25, 0.3) is 0 Å². The van der Waals surface area contributed by atoms with E-state index in [0.29, 0.717) is 24.7 Å². The van der Waals surface area contributed by atoms with E-state index in [1.807, 2.05) is 0 Å². The lowest BCUT2D eigenvalue weighted by molar-refractivity contribution is 0.171. The van der Waals surface area contributed by atoms with Gasteiger partial charge in [-0.2, -0.15) is 0 Å². The maximum Gasteiger partial charge on any atom is 0.240 e. The molecule has 2 N–H and O–H groups in total. The summed E-state index contributed by atoms with van der Waals surface area (Å²) in [5.41, 5.74) is 0. The average Bonchev–Trinajstić information content (AvgIpc) is 2.47. The minimum Gasteiger partial charge on any atom is -0.486 e. The fourth-order valence-electron chi connectivity index (χ4n) is 2.42. The Bertz CT molecular complexity index is 588. The number of benzene rings is 1. The predicted octanol–water partition coefficient (Wildman–Crippen LogP) is 0.910. The highest BCUT2D eigenvalue weighted by atomic mass is 35.5. The van der Waals surface area contributed by atoms with E-state index in [1.165, 1.54) is 6.07 Å². The Morgan fingerprint density at radius 1 is 1.10 bits per heavy atom. The van der Waals surface area contributed by atoms with Crippen LogP contribution in [0.1, 0.15) is 12.8 Å². The van der Waals surface area contributed by atoms with E-state index in [9.17, 15) is 8.42 Å². The quantitative estimate of drug-likeness (QED) is 0.859. The summed E-state index contributed by atoms with van der Waals surface area (Å²) < 4.78 is 38.3. The van der Waals surface area contributed by atoms with E-state index < -0.39 is 10.0 Å². The lowest BCUT2D eigenvalue weighted by atomic mass is 10.1. The van der Waals surface area contributed by atoms with Gasteiger partial charge in [0.2, 0.25) is 10.0 Å². The van der Waals surface area contributed by atoms with Crippen LogP contribution in [0.2, 0.25) is 0 Å². The van der Waals surface area contributed by atoms with Crippen molar-refractivity contribution in [3.63, 3.8) is 0 Å². The fraction of sp³-hybridized carbons (Fsp3) is 0.538. The summed E-state index contributed by atoms with van der Waals surface area (Å²) in [5.74, 6) is 1.08. The molecule has 3 rings (SSSR count). The van der Waals surface area contributed by atoms with Gasteiger partial charge in [-0.3, -0.25) is 0 Å². The topological polar surface area (TPSA) is 76.7 Å². The molecule has 2 aliphatic heterocycles. The van der Waals surface area contributed by atoms with Crippen LogP contribution in [0.4, 0.5) is 0 Å². The Morgan fingerprint density at radius 2 is 1.76 bits per heavy atom. The molecular formula is C13H19ClN2O4S. The van der Waals surface area contributed by atoms with Crippen LogP contribution in [0.5, 0.6) is 11.5 Å². The Balaban J connectivity index is 0.00000161. The summed E-state index contributed by atoms with van der Waals surface area (Å²) in [6.45, 7) is 2.62. The van der Waals surface area contributed by atoms with Gasteiger partial charge in [0.1, 0.15) is 13.2 Å². The summed E-state index contributed by atoms with van der Waals surface area (Å²) in [5, 5.41) is 3.21. The van der Waals surface area contributed by atoms with E-state index >= 15 is 0 Å². The number of ether oxygens (including phenoxy) is 2. The van der Waals surface area contributed by atoms with Crippen LogP contribution >= 0.6 is 12.4 Å². The van der Waals surface area contributed by atoms with E-state index in [-0.39, 0.29) is 23.3 Å². The van der Waals surface area contributed by atoms with Gasteiger partial charge < -0.3 is 14.8 Å². The standard InChI is InChI=1S/C13H18N2O4S.ClH/c16-20(17,15-10-3-5-14-6-4-10)11-1-2-12-13(9-11)19-8-7-18-12;/h1-2,9-10,14-15H,3-8H2;1H. The number of halogens is 1. The van der Waals surface area contributed by atoms with Crippen molar-refractivity contribution in [1.82, 2.24) is 10.0 Å². The molecule has 0 aliphatic carbocycles. The van der Waals surface area contributed by atoms with Crippen molar-refractivity contribution in [2.75, 3.05) is 26.3 Å². The second-order valence-corrected chi connectivity index (χ2v) is 6.67. The van der Waals surface area contributed by atoms with Crippen LogP contribution in [-0.4, -0.2) is 40.8 Å². The Labute approximate surface area is 130 Å². The molecule has 21 heavy (non-hydrogen) atoms. The van der Waals surface area contributed by atoms with Crippen molar-refractivity contribution < 1.29 is 17.9 Å². The van der Waals surface area contributed by atoms with Crippen molar-refractivity contribution in [3.05, 3.63) is 18.2 Å². The number of hydrogen-bond donors (Lipinski definition) is 2. The third-order valence-corrected chi connectivity index (χ3v) is 5.00. The Morgan fingerprint density at radius 3 is 2.48 bits per heavy atom. The van der Waals surface area contributed by atoms with Gasteiger partial charge in [-0.25, -0.2) is 13.1 Å². The molecule has 8 heteroatoms. The normalized spacial score (nSPS) is 18.9. The van der Waals surface area contributed by atoms with Gasteiger partial charge in [-0.1, -0.05) is 0 Å². The number of nitrogens with one attached hydrogen (secondary N) is 2. The molecule has 1 saturated heterocycles. The van der Waals surface area contributed by atoms with Crippen LogP contribution in [0.15, 0.2) is 23.1 Å². The summed E-state index contributed by atoms with van der Waals surface area (Å²) in [6.07, 6.45) is 1.62. The number of piperidine rings is 1. The zero-order valence-corrected chi connectivity index (χ0v) is 13.1. The maximum absolute atomic E-state index is 12.4. The molecule has 0 saturated carbocycles. The van der Waals surface area contributed by atoms with Gasteiger partial charge in [0.15, 0.2) is 11.5 Å². The van der Waals surface area contributed by atoms with Gasteiger partial charge in [0.05, 0.1) is 4.90 Å². The molecule has 0 spiro atoms. The number of sulfonamides is 1. The zero-order valence-electron chi connectivity index (χ0n) is 11.5. The molecular weight excluding hydrogens is 316 g/mol. The minimum absolute atomic E-state index is 0. The first kappa shape index (κ1) is 16.4. The van der Waals surface area contributed by atoms with Crippen LogP contribution in [0.3, 0.4) is 0 Å². The predicted molar refractivity (Wildman–Crippen MR) is 80.9 cm³/mol. The lowest BCUT2D eigenvalue weighted by Crippen LogP contribution is -2.42. The van der Waals surface area contributed by atoms with Gasteiger partial charge >= 0.3 is 0 Å². The second kappa shape index (κ2) is 6.83. The minimum atomic E-state index is -3.51. The van der Waals surface area contributed by atoms with E-state index in [1.54, 1.807) is 12.1 Å². The first-order valence-electron chi connectivity index (χ1n) is 6.78. The molecule has 1 fully saturated rings. The molecule has 2 heterocycles. The van der Waals surface area contributed by atoms with Crippen molar-refractivity contribution in [3.8, 4) is 11.5 Å². The first-order chi connectivity index (χ1) is 9.65. The number of hydrogen-bond acceptors (Lipinski definition) is 5. The molecule has 2 aliphatic rings. The maximum atomic E-state index is 12.4. The van der Waals surface area contributed by atoms with Crippen LogP contribution in [-0.2, 0) is 10.0 Å². The molecule has 0 radical (unpaired) electrons. The Kier molecular flexibility index (Phi) is 5.32. The SMILES string of the molecule is Cl.O=S(=O)(NC1CCNCC1)c1ccc2c(c1)OCCO2. The van der Waals surface area contributed by atoms with Crippen LogP contribution in [0, 0.1) is 0 Å². The highest BCUT2D eigenvalue weighted by Crippen LogP contribution is 2.32. The fourth-order valence-corrected chi connectivity index (χ4v) is 3.74. The molecule has 118 valence electrons. The van der Waals surface area contributed by atoms with Crippen molar-refractivity contribution >= 4 is 22.4 Å². The molecule has 0 bridgehead atoms. The molecule has 0 atom stereocenters. The zero-order chi connectivity index (χ0) is 14.0. The molecule has 0 unspecified atom stereocenters. The smallest absolute Gasteiger partial charge is 0.240 e. The largest absolute Gasteiger partial charge is 0.486 e. The van der Waals surface area contributed by atoms with E-state index in [2.05, 4.69) is 10.0 Å². The van der Waals surface area contributed by atoms with Gasteiger partial charge in [-0.15, -0.1) is 12.4 Å². The molecule has 0 amide bonds. The second-order valence-electron chi connectivity index (χ2n) is 4.95. The van der Waals surface area contributed by atoms with Gasteiger partial charge in [0, 0.05) is 12.1 Å². The molecule has 1 aromatic carbocycles. The molecule has 6 nitrogen and oxygen atoms in total. The monoisotopic (exact) mass is 334 g/mol. The lowest BCUT2D eigenvalue weighted by Gasteiger charge is -2.24. The average molecular weight is 335 g/mol. The van der Waals surface area contributed by atoms with Crippen molar-refractivity contribution in [2.24, 2.45) is 0 Å². The Hall–Kier alpha value is -1.02. The molecule has 0 aromatic heterocycles. The molecule has 1 aromatic rings. The highest BCUT2D eigenvalue weighted by molar-refractivity contribution is 7.89. The summed E-state index contributed by atoms with van der Waals surface area (Å²) >= 11 is 0. The van der Waals surface area contributed by atoms with Crippen LogP contribution in [0.25, 0.3) is 0 Å². The highest BCUT2D eigenvalue weighted by Gasteiger charge is 2.23. The van der Waals surface area contributed by atoms with Crippen molar-refractivity contribution in [1.29, 1.82) is 0 Å². The summed E-state index contributed by atoms with van der Waals surface area (Å²) in [4.78, 5) is 0.222. The van der Waals surface area contributed by atoms with Gasteiger partial charge in [-0.05, 0) is 38.1 Å². The first-order valence-corrected chi connectivity index (χ1v) is 8.26. The summed E-state index contributed by atoms with van der Waals surface area (Å²) in [7, 11) is -3.51.